The van der Waals surface area contributed by atoms with Gasteiger partial charge in [-0.2, -0.15) is 0 Å². The van der Waals surface area contributed by atoms with Crippen LogP contribution in [0.5, 0.6) is 0 Å². The van der Waals surface area contributed by atoms with Gasteiger partial charge in [-0.1, -0.05) is 6.07 Å². The lowest BCUT2D eigenvalue weighted by Gasteiger charge is -2.09. The van der Waals surface area contributed by atoms with Crippen molar-refractivity contribution in [3.63, 3.8) is 0 Å². The van der Waals surface area contributed by atoms with Crippen molar-refractivity contribution in [2.45, 2.75) is 13.5 Å². The molecule has 0 bridgehead atoms. The molecule has 1 amide bonds. The second-order valence-electron chi connectivity index (χ2n) is 4.89. The maximum absolute atomic E-state index is 13.4. The summed E-state index contributed by atoms with van der Waals surface area (Å²) in [6.45, 7) is 1.30. The molecule has 0 unspecified atom stereocenters. The van der Waals surface area contributed by atoms with Gasteiger partial charge in [0.2, 0.25) is 5.91 Å². The lowest BCUT2D eigenvalue weighted by atomic mass is 10.2. The normalized spacial score (nSPS) is 10.2. The molecule has 23 heavy (non-hydrogen) atoms. The maximum atomic E-state index is 13.4. The van der Waals surface area contributed by atoms with Crippen LogP contribution in [-0.4, -0.2) is 23.6 Å². The van der Waals surface area contributed by atoms with Crippen LogP contribution >= 0.6 is 0 Å². The number of nitrogens with zero attached hydrogens (tertiary/aromatic N) is 1. The molecule has 0 saturated heterocycles. The van der Waals surface area contributed by atoms with E-state index in [0.29, 0.717) is 5.56 Å². The van der Waals surface area contributed by atoms with Crippen LogP contribution in [0.2, 0.25) is 0 Å². The van der Waals surface area contributed by atoms with Crippen LogP contribution in [0.15, 0.2) is 41.3 Å². The highest BCUT2D eigenvalue weighted by molar-refractivity contribution is 5.91. The predicted octanol–water partition coefficient (Wildman–Crippen LogP) is 1.72. The number of anilines is 1. The van der Waals surface area contributed by atoms with Gasteiger partial charge in [0.25, 0.3) is 5.56 Å². The molecular weight excluding hydrogens is 303 g/mol. The first-order chi connectivity index (χ1) is 10.9. The van der Waals surface area contributed by atoms with Crippen molar-refractivity contribution in [1.29, 1.82) is 0 Å². The first-order valence-electron chi connectivity index (χ1n) is 6.75. The molecular formula is C16H15FN2O4. The third-order valence-corrected chi connectivity index (χ3v) is 3.17. The zero-order chi connectivity index (χ0) is 17.0. The lowest BCUT2D eigenvalue weighted by Crippen LogP contribution is -2.27. The molecule has 0 aliphatic heterocycles. The Labute approximate surface area is 131 Å². The van der Waals surface area contributed by atoms with Crippen LogP contribution in [0.3, 0.4) is 0 Å². The van der Waals surface area contributed by atoms with E-state index in [9.17, 15) is 18.8 Å². The van der Waals surface area contributed by atoms with Crippen molar-refractivity contribution in [3.05, 3.63) is 63.8 Å². The smallest absolute Gasteiger partial charge is 0.339 e. The molecule has 1 aromatic heterocycles. The largest absolute Gasteiger partial charge is 0.465 e. The van der Waals surface area contributed by atoms with Crippen LogP contribution in [0, 0.1) is 12.7 Å². The fourth-order valence-electron chi connectivity index (χ4n) is 1.92. The van der Waals surface area contributed by atoms with Gasteiger partial charge < -0.3 is 14.6 Å². The number of esters is 1. The molecule has 0 radical (unpaired) electrons. The number of carbonyl (C=O) groups is 2. The van der Waals surface area contributed by atoms with Crippen LogP contribution in [-0.2, 0) is 16.1 Å². The first-order valence-corrected chi connectivity index (χ1v) is 6.75. The van der Waals surface area contributed by atoms with Crippen LogP contribution in [0.1, 0.15) is 15.9 Å². The van der Waals surface area contributed by atoms with E-state index in [4.69, 9.17) is 0 Å². The van der Waals surface area contributed by atoms with Gasteiger partial charge in [0, 0.05) is 18.0 Å². The summed E-state index contributed by atoms with van der Waals surface area (Å²) in [4.78, 5) is 35.2. The Morgan fingerprint density at radius 2 is 2.00 bits per heavy atom. The number of rotatable bonds is 4. The van der Waals surface area contributed by atoms with E-state index in [2.05, 4.69) is 10.1 Å². The van der Waals surface area contributed by atoms with Crippen molar-refractivity contribution in [2.75, 3.05) is 12.4 Å². The fourth-order valence-corrected chi connectivity index (χ4v) is 1.92. The summed E-state index contributed by atoms with van der Waals surface area (Å²) in [5.74, 6) is -1.57. The first kappa shape index (κ1) is 16.4. The van der Waals surface area contributed by atoms with Crippen molar-refractivity contribution < 1.29 is 18.7 Å². The summed E-state index contributed by atoms with van der Waals surface area (Å²) in [5.41, 5.74) is 0.462. The number of carbonyl (C=O) groups excluding carboxylic acids is 2. The molecule has 0 fully saturated rings. The standard InChI is InChI=1S/C16H15FN2O4/c1-10-3-5-12(7-13(10)17)18-14(20)9-19-8-11(16(22)23-2)4-6-15(19)21/h3-8H,9H2,1-2H3,(H,18,20). The Morgan fingerprint density at radius 1 is 1.26 bits per heavy atom. The van der Waals surface area contributed by atoms with Gasteiger partial charge in [-0.3, -0.25) is 9.59 Å². The number of nitrogens with one attached hydrogen (secondary N) is 1. The topological polar surface area (TPSA) is 77.4 Å². The number of methoxy groups -OCH3 is 1. The Bertz CT molecular complexity index is 814. The van der Waals surface area contributed by atoms with E-state index >= 15 is 0 Å². The third kappa shape index (κ3) is 4.03. The molecule has 2 aromatic rings. The SMILES string of the molecule is COC(=O)c1ccc(=O)n(CC(=O)Nc2ccc(C)c(F)c2)c1. The molecule has 0 saturated carbocycles. The average Bonchev–Trinajstić information content (AvgIpc) is 2.52. The number of ether oxygens (including phenoxy) is 1. The van der Waals surface area contributed by atoms with Crippen molar-refractivity contribution >= 4 is 17.6 Å². The van der Waals surface area contributed by atoms with Gasteiger partial charge >= 0.3 is 5.97 Å². The van der Waals surface area contributed by atoms with Gasteiger partial charge in [0.05, 0.1) is 12.7 Å². The lowest BCUT2D eigenvalue weighted by molar-refractivity contribution is -0.116. The predicted molar refractivity (Wildman–Crippen MR) is 81.8 cm³/mol. The van der Waals surface area contributed by atoms with Crippen molar-refractivity contribution in [1.82, 2.24) is 4.57 Å². The summed E-state index contributed by atoms with van der Waals surface area (Å²) in [7, 11) is 1.22. The number of amides is 1. The Kier molecular flexibility index (Phi) is 4.90. The summed E-state index contributed by atoms with van der Waals surface area (Å²) in [6.07, 6.45) is 1.24. The molecule has 0 atom stereocenters. The number of halogens is 1. The second kappa shape index (κ2) is 6.87. The van der Waals surface area contributed by atoms with Crippen molar-refractivity contribution in [3.8, 4) is 0 Å². The molecule has 6 nitrogen and oxygen atoms in total. The number of hydrogen-bond acceptors (Lipinski definition) is 4. The molecule has 1 aromatic carbocycles. The quantitative estimate of drug-likeness (QED) is 0.871. The molecule has 1 N–H and O–H groups in total. The molecule has 0 spiro atoms. The molecule has 120 valence electrons. The molecule has 2 rings (SSSR count). The van der Waals surface area contributed by atoms with Gasteiger partial charge in [-0.05, 0) is 30.7 Å². The van der Waals surface area contributed by atoms with E-state index < -0.39 is 23.3 Å². The number of pyridine rings is 1. The van der Waals surface area contributed by atoms with Gasteiger partial charge in [-0.15, -0.1) is 0 Å². The molecule has 0 aliphatic rings. The number of hydrogen-bond donors (Lipinski definition) is 1. The Morgan fingerprint density at radius 3 is 2.65 bits per heavy atom. The van der Waals surface area contributed by atoms with Crippen LogP contribution in [0.25, 0.3) is 0 Å². The minimum atomic E-state index is -0.611. The number of benzene rings is 1. The zero-order valence-electron chi connectivity index (χ0n) is 12.6. The van der Waals surface area contributed by atoms with E-state index in [1.165, 1.54) is 37.6 Å². The Balaban J connectivity index is 2.15. The summed E-state index contributed by atoms with van der Waals surface area (Å²) >= 11 is 0. The Hall–Kier alpha value is -2.96. The van der Waals surface area contributed by atoms with E-state index in [-0.39, 0.29) is 17.8 Å². The van der Waals surface area contributed by atoms with Gasteiger partial charge in [0.15, 0.2) is 0 Å². The highest BCUT2D eigenvalue weighted by Gasteiger charge is 2.10. The highest BCUT2D eigenvalue weighted by Crippen LogP contribution is 2.13. The van der Waals surface area contributed by atoms with Crippen LogP contribution < -0.4 is 10.9 Å². The summed E-state index contributed by atoms with van der Waals surface area (Å²) < 4.78 is 19.1. The van der Waals surface area contributed by atoms with Gasteiger partial charge in [0.1, 0.15) is 12.4 Å². The third-order valence-electron chi connectivity index (χ3n) is 3.17. The van der Waals surface area contributed by atoms with E-state index in [1.54, 1.807) is 13.0 Å². The van der Waals surface area contributed by atoms with E-state index in [1.807, 2.05) is 0 Å². The summed E-state index contributed by atoms with van der Waals surface area (Å²) in [6, 6.07) is 6.78. The maximum Gasteiger partial charge on any atom is 0.339 e. The van der Waals surface area contributed by atoms with Crippen LogP contribution in [0.4, 0.5) is 10.1 Å². The van der Waals surface area contributed by atoms with Gasteiger partial charge in [-0.25, -0.2) is 9.18 Å². The molecule has 7 heteroatoms. The highest BCUT2D eigenvalue weighted by atomic mass is 19.1. The summed E-state index contributed by atoms with van der Waals surface area (Å²) in [5, 5.41) is 2.49. The molecule has 0 aliphatic carbocycles. The second-order valence-corrected chi connectivity index (χ2v) is 4.89. The number of aromatic nitrogens is 1. The minimum Gasteiger partial charge on any atom is -0.465 e. The van der Waals surface area contributed by atoms with Crippen molar-refractivity contribution in [2.24, 2.45) is 0 Å². The minimum absolute atomic E-state index is 0.154. The molecule has 1 heterocycles. The average molecular weight is 318 g/mol. The van der Waals surface area contributed by atoms with E-state index in [0.717, 1.165) is 4.57 Å². The fraction of sp³-hybridized carbons (Fsp3) is 0.188. The number of aryl methyl sites for hydroxylation is 1. The zero-order valence-corrected chi connectivity index (χ0v) is 12.6. The monoisotopic (exact) mass is 318 g/mol.